The van der Waals surface area contributed by atoms with Crippen LogP contribution in [0.25, 0.3) is 0 Å². The second-order valence-electron chi connectivity index (χ2n) is 5.29. The molecule has 0 aliphatic rings. The second kappa shape index (κ2) is 8.81. The van der Waals surface area contributed by atoms with Crippen molar-refractivity contribution in [3.8, 4) is 11.5 Å². The Morgan fingerprint density at radius 1 is 1.33 bits per heavy atom. The highest BCUT2D eigenvalue weighted by Crippen LogP contribution is 2.29. The van der Waals surface area contributed by atoms with Crippen molar-refractivity contribution >= 4 is 5.96 Å². The number of hydrogen-bond donors (Lipinski definition) is 3. The molecule has 1 aromatic heterocycles. The molecule has 0 atom stereocenters. The van der Waals surface area contributed by atoms with Gasteiger partial charge in [-0.05, 0) is 31.0 Å². The molecule has 0 unspecified atom stereocenters. The Balaban J connectivity index is 1.93. The van der Waals surface area contributed by atoms with Gasteiger partial charge in [0.05, 0.1) is 19.3 Å². The monoisotopic (exact) mass is 331 g/mol. The number of phenolic OH excluding ortho intramolecular Hbond substituents is 1. The van der Waals surface area contributed by atoms with E-state index in [0.29, 0.717) is 25.3 Å². The average molecular weight is 331 g/mol. The molecule has 0 bridgehead atoms. The van der Waals surface area contributed by atoms with Gasteiger partial charge in [0.1, 0.15) is 0 Å². The number of aromatic hydroxyl groups is 1. The third-order valence-electron chi connectivity index (χ3n) is 3.66. The van der Waals surface area contributed by atoms with Crippen LogP contribution < -0.4 is 15.4 Å². The fourth-order valence-electron chi connectivity index (χ4n) is 2.31. The minimum Gasteiger partial charge on any atom is -0.504 e. The summed E-state index contributed by atoms with van der Waals surface area (Å²) in [4.78, 5) is 4.55. The van der Waals surface area contributed by atoms with Gasteiger partial charge in [-0.15, -0.1) is 0 Å². The van der Waals surface area contributed by atoms with Crippen LogP contribution >= 0.6 is 0 Å². The molecule has 24 heavy (non-hydrogen) atoms. The minimum atomic E-state index is 0.193. The first-order chi connectivity index (χ1) is 11.7. The summed E-state index contributed by atoms with van der Waals surface area (Å²) in [6.07, 6.45) is 2.43. The smallest absolute Gasteiger partial charge is 0.191 e. The first kappa shape index (κ1) is 17.7. The van der Waals surface area contributed by atoms with Gasteiger partial charge in [-0.25, -0.2) is 4.99 Å². The molecule has 0 spiro atoms. The molecule has 0 aliphatic heterocycles. The van der Waals surface area contributed by atoms with E-state index in [1.165, 1.54) is 0 Å². The van der Waals surface area contributed by atoms with Gasteiger partial charge in [0.2, 0.25) is 0 Å². The van der Waals surface area contributed by atoms with Crippen LogP contribution in [0, 0.1) is 0 Å². The van der Waals surface area contributed by atoms with Gasteiger partial charge in [-0.2, -0.15) is 5.10 Å². The maximum absolute atomic E-state index is 10.1. The molecule has 2 aromatic rings. The summed E-state index contributed by atoms with van der Waals surface area (Å²) in [5, 5.41) is 20.7. The number of phenols is 1. The summed E-state index contributed by atoms with van der Waals surface area (Å²) in [6, 6.07) is 7.45. The number of hydrogen-bond acceptors (Lipinski definition) is 4. The van der Waals surface area contributed by atoms with Crippen LogP contribution in [-0.4, -0.2) is 41.0 Å². The Hall–Kier alpha value is -2.70. The van der Waals surface area contributed by atoms with E-state index in [0.717, 1.165) is 23.8 Å². The number of aryl methyl sites for hydroxylation is 1. The van der Waals surface area contributed by atoms with Gasteiger partial charge in [0.25, 0.3) is 0 Å². The molecule has 0 fully saturated rings. The van der Waals surface area contributed by atoms with Crippen molar-refractivity contribution in [1.29, 1.82) is 0 Å². The third kappa shape index (κ3) is 4.65. The number of para-hydroxylation sites is 1. The minimum absolute atomic E-state index is 0.193. The molecule has 130 valence electrons. The summed E-state index contributed by atoms with van der Waals surface area (Å²) in [5.41, 5.74) is 1.88. The zero-order valence-corrected chi connectivity index (χ0v) is 14.4. The quantitative estimate of drug-likeness (QED) is 0.528. The summed E-state index contributed by atoms with van der Waals surface area (Å²) < 4.78 is 6.93. The average Bonchev–Trinajstić information content (AvgIpc) is 2.99. The first-order valence-corrected chi connectivity index (χ1v) is 7.99. The van der Waals surface area contributed by atoms with Crippen LogP contribution in [-0.2, 0) is 20.0 Å². The highest BCUT2D eigenvalue weighted by Gasteiger charge is 2.07. The van der Waals surface area contributed by atoms with Crippen molar-refractivity contribution in [1.82, 2.24) is 20.4 Å². The van der Waals surface area contributed by atoms with Crippen LogP contribution in [0.5, 0.6) is 11.5 Å². The third-order valence-corrected chi connectivity index (χ3v) is 3.66. The SMILES string of the molecule is CCNC(=NCc1ccnn1C)NCCc1cccc(OC)c1O. The van der Waals surface area contributed by atoms with Gasteiger partial charge >= 0.3 is 0 Å². The van der Waals surface area contributed by atoms with Crippen molar-refractivity contribution in [2.75, 3.05) is 20.2 Å². The number of nitrogens with one attached hydrogen (secondary N) is 2. The Morgan fingerprint density at radius 3 is 2.83 bits per heavy atom. The number of nitrogens with zero attached hydrogens (tertiary/aromatic N) is 3. The lowest BCUT2D eigenvalue weighted by atomic mass is 10.1. The lowest BCUT2D eigenvalue weighted by Crippen LogP contribution is -2.38. The molecule has 7 heteroatoms. The van der Waals surface area contributed by atoms with Crippen molar-refractivity contribution in [2.45, 2.75) is 19.9 Å². The number of aliphatic imine (C=N–C) groups is 1. The van der Waals surface area contributed by atoms with Crippen LogP contribution in [0.2, 0.25) is 0 Å². The Kier molecular flexibility index (Phi) is 6.48. The lowest BCUT2D eigenvalue weighted by Gasteiger charge is -2.12. The summed E-state index contributed by atoms with van der Waals surface area (Å²) >= 11 is 0. The number of aromatic nitrogens is 2. The van der Waals surface area contributed by atoms with E-state index < -0.39 is 0 Å². The zero-order valence-electron chi connectivity index (χ0n) is 14.4. The molecule has 0 saturated heterocycles. The molecule has 0 saturated carbocycles. The standard InChI is InChI=1S/C17H25N5O2/c1-4-18-17(20-12-14-9-11-21-22(14)2)19-10-8-13-6-5-7-15(24-3)16(13)23/h5-7,9,11,23H,4,8,10,12H2,1-3H3,(H2,18,19,20). The summed E-state index contributed by atoms with van der Waals surface area (Å²) in [5.74, 6) is 1.42. The second-order valence-corrected chi connectivity index (χ2v) is 5.29. The number of methoxy groups -OCH3 is 1. The normalized spacial score (nSPS) is 11.4. The molecule has 1 heterocycles. The summed E-state index contributed by atoms with van der Waals surface area (Å²) in [7, 11) is 3.45. The molecule has 3 N–H and O–H groups in total. The molecule has 0 aliphatic carbocycles. The maximum atomic E-state index is 10.1. The van der Waals surface area contributed by atoms with Gasteiger partial charge in [0.15, 0.2) is 17.5 Å². The van der Waals surface area contributed by atoms with E-state index in [2.05, 4.69) is 20.7 Å². The molecule has 2 rings (SSSR count). The molecular formula is C17H25N5O2. The highest BCUT2D eigenvalue weighted by atomic mass is 16.5. The van der Waals surface area contributed by atoms with Crippen molar-refractivity contribution in [3.05, 3.63) is 41.7 Å². The van der Waals surface area contributed by atoms with E-state index in [4.69, 9.17) is 4.74 Å². The van der Waals surface area contributed by atoms with Gasteiger partial charge in [0, 0.05) is 26.3 Å². The van der Waals surface area contributed by atoms with Crippen LogP contribution in [0.4, 0.5) is 0 Å². The summed E-state index contributed by atoms with van der Waals surface area (Å²) in [6.45, 7) is 4.00. The number of benzene rings is 1. The van der Waals surface area contributed by atoms with Crippen LogP contribution in [0.15, 0.2) is 35.5 Å². The molecule has 7 nitrogen and oxygen atoms in total. The van der Waals surface area contributed by atoms with Crippen LogP contribution in [0.3, 0.4) is 0 Å². The van der Waals surface area contributed by atoms with Gasteiger partial charge < -0.3 is 20.5 Å². The molecule has 0 radical (unpaired) electrons. The van der Waals surface area contributed by atoms with E-state index in [9.17, 15) is 5.11 Å². The Labute approximate surface area is 142 Å². The predicted octanol–water partition coefficient (Wildman–Crippen LogP) is 1.43. The largest absolute Gasteiger partial charge is 0.504 e. The van der Waals surface area contributed by atoms with E-state index in [-0.39, 0.29) is 5.75 Å². The van der Waals surface area contributed by atoms with E-state index in [1.807, 2.05) is 32.2 Å². The Morgan fingerprint density at radius 2 is 2.17 bits per heavy atom. The molecular weight excluding hydrogens is 306 g/mol. The number of ether oxygens (including phenoxy) is 1. The molecule has 1 aromatic carbocycles. The van der Waals surface area contributed by atoms with Crippen LogP contribution in [0.1, 0.15) is 18.2 Å². The topological polar surface area (TPSA) is 83.7 Å². The van der Waals surface area contributed by atoms with Crippen molar-refractivity contribution in [3.63, 3.8) is 0 Å². The van der Waals surface area contributed by atoms with Gasteiger partial charge in [-0.1, -0.05) is 12.1 Å². The fourth-order valence-corrected chi connectivity index (χ4v) is 2.31. The zero-order chi connectivity index (χ0) is 17.4. The van der Waals surface area contributed by atoms with E-state index >= 15 is 0 Å². The maximum Gasteiger partial charge on any atom is 0.191 e. The molecule has 0 amide bonds. The van der Waals surface area contributed by atoms with E-state index in [1.54, 1.807) is 24.1 Å². The van der Waals surface area contributed by atoms with Gasteiger partial charge in [-0.3, -0.25) is 4.68 Å². The number of rotatable bonds is 7. The first-order valence-electron chi connectivity index (χ1n) is 7.99. The Bertz CT molecular complexity index is 681. The number of guanidine groups is 1. The lowest BCUT2D eigenvalue weighted by molar-refractivity contribution is 0.370. The highest BCUT2D eigenvalue weighted by molar-refractivity contribution is 5.79. The van der Waals surface area contributed by atoms with Crippen molar-refractivity contribution in [2.24, 2.45) is 12.0 Å². The van der Waals surface area contributed by atoms with Crippen molar-refractivity contribution < 1.29 is 9.84 Å². The predicted molar refractivity (Wildman–Crippen MR) is 94.4 cm³/mol. The fraction of sp³-hybridized carbons (Fsp3) is 0.412.